The Morgan fingerprint density at radius 3 is 2.17 bits per heavy atom. The molecular formula is C21H12O2. The molecule has 0 aliphatic heterocycles. The zero-order chi connectivity index (χ0) is 15.1. The van der Waals surface area contributed by atoms with E-state index >= 15 is 0 Å². The SMILES string of the molecule is OOC1c2cccc3cc4ccc5cccc6cc1c(c23)c4c56. The van der Waals surface area contributed by atoms with Crippen molar-refractivity contribution in [3.05, 3.63) is 71.8 Å². The first-order valence-electron chi connectivity index (χ1n) is 7.80. The molecular weight excluding hydrogens is 284 g/mol. The van der Waals surface area contributed by atoms with Gasteiger partial charge >= 0.3 is 0 Å². The molecule has 0 fully saturated rings. The highest BCUT2D eigenvalue weighted by Crippen LogP contribution is 2.50. The van der Waals surface area contributed by atoms with Crippen LogP contribution in [0.15, 0.2) is 60.7 Å². The molecule has 5 aromatic rings. The van der Waals surface area contributed by atoms with E-state index in [2.05, 4.69) is 54.6 Å². The van der Waals surface area contributed by atoms with Crippen LogP contribution >= 0.6 is 0 Å². The highest BCUT2D eigenvalue weighted by atomic mass is 17.1. The van der Waals surface area contributed by atoms with E-state index in [1.165, 1.54) is 43.1 Å². The third-order valence-corrected chi connectivity index (χ3v) is 5.32. The van der Waals surface area contributed by atoms with Crippen LogP contribution < -0.4 is 0 Å². The Labute approximate surface area is 131 Å². The van der Waals surface area contributed by atoms with Crippen molar-refractivity contribution < 1.29 is 10.1 Å². The van der Waals surface area contributed by atoms with Gasteiger partial charge in [-0.1, -0.05) is 48.5 Å². The van der Waals surface area contributed by atoms with Gasteiger partial charge in [0.2, 0.25) is 0 Å². The summed E-state index contributed by atoms with van der Waals surface area (Å²) >= 11 is 0. The van der Waals surface area contributed by atoms with Crippen molar-refractivity contribution in [3.8, 4) is 0 Å². The molecule has 0 heterocycles. The molecule has 2 nitrogen and oxygen atoms in total. The van der Waals surface area contributed by atoms with Gasteiger partial charge in [-0.25, -0.2) is 4.89 Å². The summed E-state index contributed by atoms with van der Waals surface area (Å²) in [7, 11) is 0. The van der Waals surface area contributed by atoms with Gasteiger partial charge in [0.1, 0.15) is 6.10 Å². The number of hydrogen-bond donors (Lipinski definition) is 1. The monoisotopic (exact) mass is 296 g/mol. The van der Waals surface area contributed by atoms with Crippen LogP contribution in [0, 0.1) is 0 Å². The molecule has 108 valence electrons. The molecule has 1 N–H and O–H groups in total. The molecule has 0 radical (unpaired) electrons. The normalized spacial score (nSPS) is 16.7. The van der Waals surface area contributed by atoms with E-state index in [1.54, 1.807) is 0 Å². The number of benzene rings is 5. The molecule has 23 heavy (non-hydrogen) atoms. The quantitative estimate of drug-likeness (QED) is 0.188. The molecule has 0 bridgehead atoms. The van der Waals surface area contributed by atoms with Crippen molar-refractivity contribution in [1.29, 1.82) is 0 Å². The summed E-state index contributed by atoms with van der Waals surface area (Å²) in [5, 5.41) is 19.5. The zero-order valence-corrected chi connectivity index (χ0v) is 12.2. The molecule has 1 aliphatic rings. The summed E-state index contributed by atoms with van der Waals surface area (Å²) in [6.45, 7) is 0. The van der Waals surface area contributed by atoms with E-state index in [0.29, 0.717) is 0 Å². The lowest BCUT2D eigenvalue weighted by Gasteiger charge is -2.14. The lowest BCUT2D eigenvalue weighted by Crippen LogP contribution is -1.99. The maximum absolute atomic E-state index is 9.54. The molecule has 0 saturated carbocycles. The Bertz CT molecular complexity index is 1250. The van der Waals surface area contributed by atoms with Crippen LogP contribution in [0.5, 0.6) is 0 Å². The van der Waals surface area contributed by atoms with E-state index in [1.807, 2.05) is 6.07 Å². The molecule has 0 amide bonds. The first-order valence-corrected chi connectivity index (χ1v) is 7.80. The fraction of sp³-hybridized carbons (Fsp3) is 0.0476. The Kier molecular flexibility index (Phi) is 1.95. The molecule has 5 aromatic carbocycles. The van der Waals surface area contributed by atoms with Crippen molar-refractivity contribution in [2.24, 2.45) is 0 Å². The summed E-state index contributed by atoms with van der Waals surface area (Å²) < 4.78 is 0. The fourth-order valence-corrected chi connectivity index (χ4v) is 4.46. The van der Waals surface area contributed by atoms with Gasteiger partial charge < -0.3 is 0 Å². The van der Waals surface area contributed by atoms with Crippen LogP contribution in [0.25, 0.3) is 43.1 Å². The van der Waals surface area contributed by atoms with Gasteiger partial charge in [0.15, 0.2) is 0 Å². The molecule has 6 rings (SSSR count). The maximum Gasteiger partial charge on any atom is 0.144 e. The van der Waals surface area contributed by atoms with Gasteiger partial charge in [-0.2, -0.15) is 0 Å². The highest BCUT2D eigenvalue weighted by Gasteiger charge is 2.30. The Balaban J connectivity index is 2.04. The number of rotatable bonds is 1. The first-order chi connectivity index (χ1) is 11.4. The van der Waals surface area contributed by atoms with Crippen molar-refractivity contribution in [3.63, 3.8) is 0 Å². The Hall–Kier alpha value is -2.68. The van der Waals surface area contributed by atoms with Crippen LogP contribution in [-0.2, 0) is 4.89 Å². The highest BCUT2D eigenvalue weighted by molar-refractivity contribution is 6.31. The van der Waals surface area contributed by atoms with Gasteiger partial charge in [0, 0.05) is 0 Å². The average Bonchev–Trinajstić information content (AvgIpc) is 2.92. The van der Waals surface area contributed by atoms with E-state index < -0.39 is 6.10 Å². The lowest BCUT2D eigenvalue weighted by molar-refractivity contribution is -0.269. The van der Waals surface area contributed by atoms with Crippen molar-refractivity contribution >= 4 is 43.1 Å². The van der Waals surface area contributed by atoms with Crippen LogP contribution in [0.4, 0.5) is 0 Å². The molecule has 2 heteroatoms. The van der Waals surface area contributed by atoms with Crippen molar-refractivity contribution in [2.75, 3.05) is 0 Å². The molecule has 1 aliphatic carbocycles. The average molecular weight is 296 g/mol. The summed E-state index contributed by atoms with van der Waals surface area (Å²) in [4.78, 5) is 4.89. The van der Waals surface area contributed by atoms with Gasteiger partial charge in [-0.05, 0) is 66.3 Å². The topological polar surface area (TPSA) is 29.5 Å². The second-order valence-electron chi connectivity index (χ2n) is 6.39. The minimum absolute atomic E-state index is 0.400. The maximum atomic E-state index is 9.54. The molecule has 0 aromatic heterocycles. The smallest absolute Gasteiger partial charge is 0.144 e. The fourth-order valence-electron chi connectivity index (χ4n) is 4.46. The summed E-state index contributed by atoms with van der Waals surface area (Å²) in [5.41, 5.74) is 2.12. The van der Waals surface area contributed by atoms with Crippen LogP contribution in [0.1, 0.15) is 17.2 Å². The van der Waals surface area contributed by atoms with Crippen LogP contribution in [0.3, 0.4) is 0 Å². The summed E-state index contributed by atoms with van der Waals surface area (Å²) in [6.07, 6.45) is -0.400. The second kappa shape index (κ2) is 3.80. The Morgan fingerprint density at radius 2 is 1.30 bits per heavy atom. The lowest BCUT2D eigenvalue weighted by atomic mass is 9.90. The van der Waals surface area contributed by atoms with Crippen LogP contribution in [-0.4, -0.2) is 5.26 Å². The molecule has 1 atom stereocenters. The van der Waals surface area contributed by atoms with Gasteiger partial charge in [0.25, 0.3) is 0 Å². The van der Waals surface area contributed by atoms with E-state index in [0.717, 1.165) is 11.1 Å². The number of hydrogen-bond acceptors (Lipinski definition) is 2. The first kappa shape index (κ1) is 11.8. The van der Waals surface area contributed by atoms with Crippen molar-refractivity contribution in [2.45, 2.75) is 6.10 Å². The van der Waals surface area contributed by atoms with E-state index in [-0.39, 0.29) is 0 Å². The standard InChI is InChI=1S/C21H12O2/c22-23-21-15-6-2-5-12-9-14-8-7-11-3-1-4-13-10-16(21)20(18(12)15)19(14)17(11)13/h1-10,21-22H. The molecule has 0 spiro atoms. The van der Waals surface area contributed by atoms with E-state index in [9.17, 15) is 5.26 Å². The predicted octanol–water partition coefficient (Wildman–Crippen LogP) is 5.63. The second-order valence-corrected chi connectivity index (χ2v) is 6.39. The minimum atomic E-state index is -0.400. The summed E-state index contributed by atoms with van der Waals surface area (Å²) in [6, 6.07) is 21.4. The molecule has 0 saturated heterocycles. The minimum Gasteiger partial charge on any atom is -0.251 e. The summed E-state index contributed by atoms with van der Waals surface area (Å²) in [5.74, 6) is 0. The Morgan fingerprint density at radius 1 is 0.609 bits per heavy atom. The third kappa shape index (κ3) is 1.24. The predicted molar refractivity (Wildman–Crippen MR) is 93.2 cm³/mol. The zero-order valence-electron chi connectivity index (χ0n) is 12.2. The molecule has 1 unspecified atom stereocenters. The van der Waals surface area contributed by atoms with E-state index in [4.69, 9.17) is 4.89 Å². The van der Waals surface area contributed by atoms with Crippen LogP contribution in [0.2, 0.25) is 0 Å². The van der Waals surface area contributed by atoms with Crippen molar-refractivity contribution in [1.82, 2.24) is 0 Å². The van der Waals surface area contributed by atoms with Gasteiger partial charge in [-0.3, -0.25) is 5.26 Å². The third-order valence-electron chi connectivity index (χ3n) is 5.32. The van der Waals surface area contributed by atoms with Gasteiger partial charge in [0.05, 0.1) is 0 Å². The largest absolute Gasteiger partial charge is 0.251 e. The van der Waals surface area contributed by atoms with Gasteiger partial charge in [-0.15, -0.1) is 0 Å².